The lowest BCUT2D eigenvalue weighted by Crippen LogP contribution is -1.99. The Bertz CT molecular complexity index is 1130. The van der Waals surface area contributed by atoms with Crippen molar-refractivity contribution >= 4 is 11.9 Å². The zero-order chi connectivity index (χ0) is 22.5. The lowest BCUT2D eigenvalue weighted by Gasteiger charge is -2.11. The maximum absolute atomic E-state index is 12.6. The van der Waals surface area contributed by atoms with Gasteiger partial charge in [-0.3, -0.25) is 4.79 Å². The van der Waals surface area contributed by atoms with Gasteiger partial charge in [-0.05, 0) is 47.4 Å². The Morgan fingerprint density at radius 1 is 1.00 bits per heavy atom. The van der Waals surface area contributed by atoms with E-state index in [0.717, 1.165) is 16.9 Å². The van der Waals surface area contributed by atoms with Gasteiger partial charge >= 0.3 is 0 Å². The van der Waals surface area contributed by atoms with Crippen molar-refractivity contribution in [3.63, 3.8) is 0 Å². The highest BCUT2D eigenvalue weighted by atomic mass is 16.7. The van der Waals surface area contributed by atoms with Crippen molar-refractivity contribution in [3.8, 4) is 23.0 Å². The number of carbonyl (C=O) groups is 1. The molecule has 0 spiro atoms. The van der Waals surface area contributed by atoms with E-state index in [2.05, 4.69) is 13.8 Å². The van der Waals surface area contributed by atoms with Gasteiger partial charge in [0.05, 0.1) is 7.11 Å². The lowest BCUT2D eigenvalue weighted by atomic mass is 10.00. The highest BCUT2D eigenvalue weighted by molar-refractivity contribution is 6.06. The van der Waals surface area contributed by atoms with Crippen molar-refractivity contribution in [1.82, 2.24) is 0 Å². The Labute approximate surface area is 188 Å². The molecule has 0 aliphatic carbocycles. The van der Waals surface area contributed by atoms with Crippen LogP contribution >= 0.6 is 0 Å². The van der Waals surface area contributed by atoms with Gasteiger partial charge < -0.3 is 18.9 Å². The van der Waals surface area contributed by atoms with Gasteiger partial charge in [-0.25, -0.2) is 0 Å². The number of methoxy groups -OCH3 is 1. The average molecular weight is 431 g/mol. The van der Waals surface area contributed by atoms with E-state index in [0.29, 0.717) is 35.3 Å². The summed E-state index contributed by atoms with van der Waals surface area (Å²) in [5, 5.41) is 0. The van der Waals surface area contributed by atoms with Gasteiger partial charge in [0.1, 0.15) is 18.1 Å². The fourth-order valence-electron chi connectivity index (χ4n) is 3.44. The number of allylic oxidation sites excluding steroid dienone is 1. The van der Waals surface area contributed by atoms with Gasteiger partial charge in [0.2, 0.25) is 6.79 Å². The molecule has 0 atom stereocenters. The first-order chi connectivity index (χ1) is 15.5. The SMILES string of the molecule is COc1ccc(/C=C/C(=O)c2ccc(C(C)C)cc2)cc1COc1ccc2c(c1)OCO2. The Morgan fingerprint density at radius 2 is 1.78 bits per heavy atom. The summed E-state index contributed by atoms with van der Waals surface area (Å²) in [6.07, 6.45) is 3.40. The quantitative estimate of drug-likeness (QED) is 0.323. The smallest absolute Gasteiger partial charge is 0.231 e. The number of ether oxygens (including phenoxy) is 4. The van der Waals surface area contributed by atoms with Crippen LogP contribution in [-0.4, -0.2) is 19.7 Å². The number of rotatable bonds is 8. The molecular weight excluding hydrogens is 404 g/mol. The molecule has 32 heavy (non-hydrogen) atoms. The van der Waals surface area contributed by atoms with Crippen molar-refractivity contribution in [2.75, 3.05) is 13.9 Å². The van der Waals surface area contributed by atoms with Gasteiger partial charge in [0.25, 0.3) is 0 Å². The minimum absolute atomic E-state index is 0.0331. The summed E-state index contributed by atoms with van der Waals surface area (Å²) in [4.78, 5) is 12.6. The third-order valence-corrected chi connectivity index (χ3v) is 5.33. The van der Waals surface area contributed by atoms with Crippen LogP contribution < -0.4 is 18.9 Å². The van der Waals surface area contributed by atoms with E-state index in [1.807, 2.05) is 66.7 Å². The Hall–Kier alpha value is -3.73. The van der Waals surface area contributed by atoms with Gasteiger partial charge in [0.15, 0.2) is 17.3 Å². The van der Waals surface area contributed by atoms with Crippen molar-refractivity contribution in [3.05, 3.63) is 89.0 Å². The van der Waals surface area contributed by atoms with Crippen LogP contribution in [0.4, 0.5) is 0 Å². The van der Waals surface area contributed by atoms with Crippen molar-refractivity contribution in [2.45, 2.75) is 26.4 Å². The molecule has 5 heteroatoms. The molecule has 1 heterocycles. The summed E-state index contributed by atoms with van der Waals surface area (Å²) in [6.45, 7) is 4.80. The van der Waals surface area contributed by atoms with E-state index < -0.39 is 0 Å². The number of fused-ring (bicyclic) bond motifs is 1. The van der Waals surface area contributed by atoms with E-state index in [-0.39, 0.29) is 12.6 Å². The predicted octanol–water partition coefficient (Wildman–Crippen LogP) is 6.02. The zero-order valence-corrected chi connectivity index (χ0v) is 18.5. The normalized spacial score (nSPS) is 12.4. The van der Waals surface area contributed by atoms with Gasteiger partial charge in [-0.1, -0.05) is 50.3 Å². The topological polar surface area (TPSA) is 54.0 Å². The van der Waals surface area contributed by atoms with Crippen molar-refractivity contribution in [2.24, 2.45) is 0 Å². The molecule has 3 aromatic rings. The van der Waals surface area contributed by atoms with Crippen molar-refractivity contribution < 1.29 is 23.7 Å². The minimum Gasteiger partial charge on any atom is -0.496 e. The summed E-state index contributed by atoms with van der Waals surface area (Å²) in [6, 6.07) is 19.0. The van der Waals surface area contributed by atoms with Gasteiger partial charge in [-0.15, -0.1) is 0 Å². The Balaban J connectivity index is 1.45. The van der Waals surface area contributed by atoms with Crippen LogP contribution in [0.3, 0.4) is 0 Å². The monoisotopic (exact) mass is 430 g/mol. The van der Waals surface area contributed by atoms with Gasteiger partial charge in [-0.2, -0.15) is 0 Å². The van der Waals surface area contributed by atoms with Gasteiger partial charge in [0, 0.05) is 17.2 Å². The van der Waals surface area contributed by atoms with E-state index in [9.17, 15) is 4.79 Å². The van der Waals surface area contributed by atoms with Crippen LogP contribution in [0.25, 0.3) is 6.08 Å². The highest BCUT2D eigenvalue weighted by Crippen LogP contribution is 2.35. The summed E-state index contributed by atoms with van der Waals surface area (Å²) < 4.78 is 22.1. The van der Waals surface area contributed by atoms with Crippen LogP contribution in [0.2, 0.25) is 0 Å². The molecule has 164 valence electrons. The first-order valence-corrected chi connectivity index (χ1v) is 10.5. The van der Waals surface area contributed by atoms with Crippen LogP contribution in [0.5, 0.6) is 23.0 Å². The molecule has 3 aromatic carbocycles. The lowest BCUT2D eigenvalue weighted by molar-refractivity contribution is 0.104. The molecule has 5 nitrogen and oxygen atoms in total. The largest absolute Gasteiger partial charge is 0.496 e. The molecule has 4 rings (SSSR count). The van der Waals surface area contributed by atoms with E-state index in [1.54, 1.807) is 13.2 Å². The van der Waals surface area contributed by atoms with Crippen LogP contribution in [0.1, 0.15) is 46.8 Å². The second-order valence-corrected chi connectivity index (χ2v) is 7.85. The molecule has 1 aliphatic rings. The zero-order valence-electron chi connectivity index (χ0n) is 18.5. The third kappa shape index (κ3) is 4.94. The van der Waals surface area contributed by atoms with E-state index >= 15 is 0 Å². The average Bonchev–Trinajstić information content (AvgIpc) is 3.29. The second-order valence-electron chi connectivity index (χ2n) is 7.85. The molecule has 0 radical (unpaired) electrons. The van der Waals surface area contributed by atoms with Crippen LogP contribution in [0, 0.1) is 0 Å². The molecule has 0 unspecified atom stereocenters. The first kappa shape index (κ1) is 21.5. The molecule has 1 aliphatic heterocycles. The molecule has 0 amide bonds. The number of carbonyl (C=O) groups excluding carboxylic acids is 1. The standard InChI is InChI=1S/C27H26O5/c1-18(2)20-6-8-21(9-7-20)24(28)11-4-19-5-12-25(29-3)22(14-19)16-30-23-10-13-26-27(15-23)32-17-31-26/h4-15,18H,16-17H2,1-3H3/b11-4+. The first-order valence-electron chi connectivity index (χ1n) is 10.5. The molecule has 0 aromatic heterocycles. The third-order valence-electron chi connectivity index (χ3n) is 5.33. The predicted molar refractivity (Wildman–Crippen MR) is 124 cm³/mol. The maximum Gasteiger partial charge on any atom is 0.231 e. The molecule has 0 fully saturated rings. The number of ketones is 1. The Kier molecular flexibility index (Phi) is 6.45. The van der Waals surface area contributed by atoms with Crippen LogP contribution in [-0.2, 0) is 6.61 Å². The van der Waals surface area contributed by atoms with Crippen LogP contribution in [0.15, 0.2) is 66.7 Å². The summed E-state index contributed by atoms with van der Waals surface area (Å²) in [7, 11) is 1.62. The van der Waals surface area contributed by atoms with E-state index in [1.165, 1.54) is 5.56 Å². The second kappa shape index (κ2) is 9.60. The Morgan fingerprint density at radius 3 is 2.53 bits per heavy atom. The number of hydrogen-bond donors (Lipinski definition) is 0. The molecule has 0 saturated carbocycles. The fraction of sp³-hybridized carbons (Fsp3) is 0.222. The minimum atomic E-state index is -0.0331. The maximum atomic E-state index is 12.6. The number of hydrogen-bond acceptors (Lipinski definition) is 5. The molecular formula is C27H26O5. The summed E-state index contributed by atoms with van der Waals surface area (Å²) >= 11 is 0. The number of benzene rings is 3. The van der Waals surface area contributed by atoms with Crippen molar-refractivity contribution in [1.29, 1.82) is 0 Å². The molecule has 0 bridgehead atoms. The fourth-order valence-corrected chi connectivity index (χ4v) is 3.44. The summed E-state index contributed by atoms with van der Waals surface area (Å²) in [5.74, 6) is 3.19. The summed E-state index contributed by atoms with van der Waals surface area (Å²) in [5.41, 5.74) is 3.65. The molecule has 0 N–H and O–H groups in total. The molecule has 0 saturated heterocycles. The highest BCUT2D eigenvalue weighted by Gasteiger charge is 2.14. The van der Waals surface area contributed by atoms with E-state index in [4.69, 9.17) is 18.9 Å².